The van der Waals surface area contributed by atoms with Gasteiger partial charge in [0, 0.05) is 32.2 Å². The molecule has 2 heterocycles. The highest BCUT2D eigenvalue weighted by atomic mass is 35.5. The molecule has 5 rings (SSSR count). The Morgan fingerprint density at radius 3 is 2.11 bits per heavy atom. The molecule has 3 aromatic rings. The van der Waals surface area contributed by atoms with Gasteiger partial charge in [-0.05, 0) is 47.2 Å². The molecular weight excluding hydrogens is 477 g/mol. The molecule has 1 N–H and O–H groups in total. The van der Waals surface area contributed by atoms with Crippen molar-refractivity contribution in [3.63, 3.8) is 0 Å². The topological polar surface area (TPSA) is 35.6 Å². The van der Waals surface area contributed by atoms with E-state index in [1.807, 2.05) is 0 Å². The number of piperidine rings is 1. The Bertz CT molecular complexity index is 1150. The molecule has 2 aliphatic rings. The molecule has 180 valence electrons. The molecule has 1 amide bonds. The molecule has 0 spiro atoms. The number of hydrogen-bond acceptors (Lipinski definition) is 3. The van der Waals surface area contributed by atoms with Gasteiger partial charge in [-0.15, -0.1) is 0 Å². The average molecular weight is 506 g/mol. The number of rotatable bonds is 5. The van der Waals surface area contributed by atoms with Crippen molar-refractivity contribution in [1.29, 1.82) is 0 Å². The quantitative estimate of drug-likeness (QED) is 0.447. The van der Waals surface area contributed by atoms with Crippen LogP contribution in [-0.4, -0.2) is 54.5 Å². The standard InChI is InChI=1S/C29H29Cl2N3O/c30-25-12-7-13-26(31)29(25)32-27(35)20-33-16-17-34-18-23(14-15-24(34)19-33)28(21-8-3-1-4-9-21)22-10-5-2-6-11-22/h1-13,24H,14-20H2,(H,32,35). The Morgan fingerprint density at radius 2 is 1.49 bits per heavy atom. The first-order chi connectivity index (χ1) is 17.1. The van der Waals surface area contributed by atoms with Crippen LogP contribution in [0.15, 0.2) is 84.4 Å². The van der Waals surface area contributed by atoms with Gasteiger partial charge >= 0.3 is 0 Å². The minimum Gasteiger partial charge on any atom is -0.322 e. The van der Waals surface area contributed by atoms with Crippen LogP contribution >= 0.6 is 23.2 Å². The second-order valence-corrected chi connectivity index (χ2v) is 10.1. The molecule has 2 fully saturated rings. The van der Waals surface area contributed by atoms with Crippen LogP contribution in [0.2, 0.25) is 10.0 Å². The second kappa shape index (κ2) is 11.0. The molecule has 1 unspecified atom stereocenters. The van der Waals surface area contributed by atoms with E-state index in [1.54, 1.807) is 18.2 Å². The molecule has 0 radical (unpaired) electrons. The predicted molar refractivity (Wildman–Crippen MR) is 145 cm³/mol. The first-order valence-corrected chi connectivity index (χ1v) is 12.9. The van der Waals surface area contributed by atoms with Crippen molar-refractivity contribution in [2.75, 3.05) is 38.0 Å². The summed E-state index contributed by atoms with van der Waals surface area (Å²) in [6, 6.07) is 27.1. The van der Waals surface area contributed by atoms with Gasteiger partial charge in [-0.1, -0.05) is 89.9 Å². The van der Waals surface area contributed by atoms with Crippen molar-refractivity contribution in [3.05, 3.63) is 106 Å². The molecule has 0 aliphatic carbocycles. The lowest BCUT2D eigenvalue weighted by molar-refractivity contribution is -0.118. The number of nitrogens with zero attached hydrogens (tertiary/aromatic N) is 2. The third kappa shape index (κ3) is 5.62. The zero-order valence-corrected chi connectivity index (χ0v) is 21.1. The number of carbonyl (C=O) groups is 1. The maximum atomic E-state index is 12.7. The zero-order chi connectivity index (χ0) is 24.2. The molecule has 3 aromatic carbocycles. The van der Waals surface area contributed by atoms with Gasteiger partial charge in [-0.2, -0.15) is 0 Å². The summed E-state index contributed by atoms with van der Waals surface area (Å²) in [6.45, 7) is 4.01. The van der Waals surface area contributed by atoms with E-state index in [0.29, 0.717) is 28.3 Å². The number of nitrogens with one attached hydrogen (secondary N) is 1. The van der Waals surface area contributed by atoms with Gasteiger partial charge in [0.15, 0.2) is 0 Å². The Labute approximate surface area is 217 Å². The third-order valence-electron chi connectivity index (χ3n) is 6.93. The van der Waals surface area contributed by atoms with Crippen LogP contribution in [-0.2, 0) is 4.79 Å². The van der Waals surface area contributed by atoms with Crippen LogP contribution < -0.4 is 5.32 Å². The summed E-state index contributed by atoms with van der Waals surface area (Å²) < 4.78 is 0. The Hall–Kier alpha value is -2.63. The lowest BCUT2D eigenvalue weighted by Crippen LogP contribution is -2.56. The number of halogens is 2. The van der Waals surface area contributed by atoms with E-state index in [-0.39, 0.29) is 5.91 Å². The SMILES string of the molecule is O=C(CN1CCN2CC(=C(c3ccccc3)c3ccccc3)CCC2C1)Nc1c(Cl)cccc1Cl. The molecule has 1 atom stereocenters. The fourth-order valence-corrected chi connectivity index (χ4v) is 5.73. The number of para-hydroxylation sites is 1. The molecule has 6 heteroatoms. The van der Waals surface area contributed by atoms with Crippen molar-refractivity contribution >= 4 is 40.4 Å². The maximum Gasteiger partial charge on any atom is 0.238 e. The number of piperazine rings is 1. The summed E-state index contributed by atoms with van der Waals surface area (Å²) in [5.41, 5.74) is 5.91. The molecule has 0 aromatic heterocycles. The van der Waals surface area contributed by atoms with Gasteiger partial charge in [0.1, 0.15) is 0 Å². The summed E-state index contributed by atoms with van der Waals surface area (Å²) in [7, 11) is 0. The van der Waals surface area contributed by atoms with E-state index < -0.39 is 0 Å². The van der Waals surface area contributed by atoms with Crippen LogP contribution in [0.3, 0.4) is 0 Å². The van der Waals surface area contributed by atoms with Crippen molar-refractivity contribution in [2.45, 2.75) is 18.9 Å². The molecule has 4 nitrogen and oxygen atoms in total. The fourth-order valence-electron chi connectivity index (χ4n) is 5.24. The number of carbonyl (C=O) groups excluding carboxylic acids is 1. The van der Waals surface area contributed by atoms with Crippen LogP contribution in [0.4, 0.5) is 5.69 Å². The molecule has 0 bridgehead atoms. The summed E-state index contributed by atoms with van der Waals surface area (Å²) in [5, 5.41) is 3.80. The Balaban J connectivity index is 1.27. The Morgan fingerprint density at radius 1 is 0.857 bits per heavy atom. The maximum absolute atomic E-state index is 12.7. The normalized spacial score (nSPS) is 18.7. The van der Waals surface area contributed by atoms with Crippen molar-refractivity contribution in [2.24, 2.45) is 0 Å². The van der Waals surface area contributed by atoms with E-state index in [0.717, 1.165) is 39.0 Å². The molecule has 0 saturated carbocycles. The van der Waals surface area contributed by atoms with E-state index in [4.69, 9.17) is 23.2 Å². The van der Waals surface area contributed by atoms with Crippen LogP contribution in [0.1, 0.15) is 24.0 Å². The smallest absolute Gasteiger partial charge is 0.238 e. The van der Waals surface area contributed by atoms with E-state index in [9.17, 15) is 4.79 Å². The van der Waals surface area contributed by atoms with Crippen molar-refractivity contribution < 1.29 is 4.79 Å². The highest BCUT2D eigenvalue weighted by Gasteiger charge is 2.32. The lowest BCUT2D eigenvalue weighted by Gasteiger charge is -2.45. The van der Waals surface area contributed by atoms with Gasteiger partial charge < -0.3 is 5.32 Å². The molecule has 35 heavy (non-hydrogen) atoms. The molecular formula is C29H29Cl2N3O. The highest BCUT2D eigenvalue weighted by molar-refractivity contribution is 6.39. The average Bonchev–Trinajstić information content (AvgIpc) is 2.88. The van der Waals surface area contributed by atoms with Gasteiger partial charge in [-0.25, -0.2) is 0 Å². The van der Waals surface area contributed by atoms with Crippen LogP contribution in [0.25, 0.3) is 5.57 Å². The van der Waals surface area contributed by atoms with Crippen molar-refractivity contribution in [1.82, 2.24) is 9.80 Å². The van der Waals surface area contributed by atoms with Crippen LogP contribution in [0.5, 0.6) is 0 Å². The van der Waals surface area contributed by atoms with Crippen LogP contribution in [0, 0.1) is 0 Å². The second-order valence-electron chi connectivity index (χ2n) is 9.25. The predicted octanol–water partition coefficient (Wildman–Crippen LogP) is 6.21. The van der Waals surface area contributed by atoms with Gasteiger partial charge in [0.25, 0.3) is 0 Å². The largest absolute Gasteiger partial charge is 0.322 e. The zero-order valence-electron chi connectivity index (χ0n) is 19.6. The first-order valence-electron chi connectivity index (χ1n) is 12.1. The fraction of sp³-hybridized carbons (Fsp3) is 0.276. The summed E-state index contributed by atoms with van der Waals surface area (Å²) >= 11 is 12.4. The van der Waals surface area contributed by atoms with Gasteiger partial charge in [0.2, 0.25) is 5.91 Å². The number of anilines is 1. The van der Waals surface area contributed by atoms with E-state index in [2.05, 4.69) is 75.8 Å². The van der Waals surface area contributed by atoms with Crippen molar-refractivity contribution in [3.8, 4) is 0 Å². The molecule has 2 saturated heterocycles. The molecule has 2 aliphatic heterocycles. The number of benzene rings is 3. The number of hydrogen-bond donors (Lipinski definition) is 1. The van der Waals surface area contributed by atoms with E-state index in [1.165, 1.54) is 22.3 Å². The summed E-state index contributed by atoms with van der Waals surface area (Å²) in [5.74, 6) is -0.0831. The number of fused-ring (bicyclic) bond motifs is 1. The summed E-state index contributed by atoms with van der Waals surface area (Å²) in [6.07, 6.45) is 2.16. The number of amides is 1. The van der Waals surface area contributed by atoms with Gasteiger partial charge in [0.05, 0.1) is 22.3 Å². The lowest BCUT2D eigenvalue weighted by atomic mass is 9.86. The third-order valence-corrected chi connectivity index (χ3v) is 7.56. The minimum absolute atomic E-state index is 0.0831. The Kier molecular flexibility index (Phi) is 7.54. The van der Waals surface area contributed by atoms with Gasteiger partial charge in [-0.3, -0.25) is 14.6 Å². The first kappa shape index (κ1) is 24.1. The summed E-state index contributed by atoms with van der Waals surface area (Å²) in [4.78, 5) is 17.5. The highest BCUT2D eigenvalue weighted by Crippen LogP contribution is 2.34. The monoisotopic (exact) mass is 505 g/mol. The minimum atomic E-state index is -0.0831. The van der Waals surface area contributed by atoms with E-state index >= 15 is 0 Å².